The van der Waals surface area contributed by atoms with Crippen LogP contribution in [0, 0.1) is 17.6 Å². The number of aromatic nitrogens is 1. The van der Waals surface area contributed by atoms with Gasteiger partial charge >= 0.3 is 0 Å². The zero-order valence-corrected chi connectivity index (χ0v) is 13.6. The van der Waals surface area contributed by atoms with E-state index in [4.69, 9.17) is 4.74 Å². The van der Waals surface area contributed by atoms with Crippen LogP contribution < -0.4 is 10.1 Å². The first kappa shape index (κ1) is 16.6. The minimum atomic E-state index is -0.815. The van der Waals surface area contributed by atoms with Crippen molar-refractivity contribution in [1.82, 2.24) is 10.3 Å². The molecule has 0 atom stereocenters. The normalized spacial score (nSPS) is 15.5. The molecule has 24 heavy (non-hydrogen) atoms. The van der Waals surface area contributed by atoms with Gasteiger partial charge in [-0.2, -0.15) is 0 Å². The molecule has 1 aromatic heterocycles. The smallest absolute Gasteiger partial charge is 0.270 e. The van der Waals surface area contributed by atoms with Gasteiger partial charge in [-0.3, -0.25) is 4.79 Å². The topological polar surface area (TPSA) is 51.2 Å². The predicted octanol–water partition coefficient (Wildman–Crippen LogP) is 3.83. The van der Waals surface area contributed by atoms with E-state index in [-0.39, 0.29) is 28.3 Å². The molecular weight excluding hydrogens is 314 g/mol. The third kappa shape index (κ3) is 3.47. The Balaban J connectivity index is 1.84. The van der Waals surface area contributed by atoms with Crippen LogP contribution in [0.1, 0.15) is 42.6 Å². The second-order valence-electron chi connectivity index (χ2n) is 6.21. The number of methoxy groups -OCH3 is 1. The van der Waals surface area contributed by atoms with Crippen LogP contribution in [0.4, 0.5) is 8.78 Å². The molecule has 0 saturated heterocycles. The first-order chi connectivity index (χ1) is 11.6. The molecule has 1 N–H and O–H groups in total. The average molecular weight is 334 g/mol. The Morgan fingerprint density at radius 1 is 1.25 bits per heavy atom. The van der Waals surface area contributed by atoms with E-state index in [1.54, 1.807) is 0 Å². The number of carbonyl (C=O) groups excluding carboxylic acids is 1. The summed E-state index contributed by atoms with van der Waals surface area (Å²) >= 11 is 0. The van der Waals surface area contributed by atoms with Crippen LogP contribution in [0.15, 0.2) is 18.2 Å². The summed E-state index contributed by atoms with van der Waals surface area (Å²) in [7, 11) is 1.39. The molecule has 128 valence electrons. The lowest BCUT2D eigenvalue weighted by Gasteiger charge is -2.21. The zero-order chi connectivity index (χ0) is 17.1. The Bertz CT molecular complexity index is 758. The molecule has 1 aliphatic carbocycles. The van der Waals surface area contributed by atoms with Crippen molar-refractivity contribution >= 4 is 16.8 Å². The van der Waals surface area contributed by atoms with Crippen molar-refractivity contribution in [2.75, 3.05) is 13.7 Å². The Labute approximate surface area is 139 Å². The zero-order valence-electron chi connectivity index (χ0n) is 13.6. The van der Waals surface area contributed by atoms with Gasteiger partial charge in [0.2, 0.25) is 0 Å². The van der Waals surface area contributed by atoms with Crippen LogP contribution in [0.5, 0.6) is 5.75 Å². The molecule has 2 aromatic rings. The highest BCUT2D eigenvalue weighted by atomic mass is 19.1. The fraction of sp³-hybridized carbons (Fsp3) is 0.444. The number of halogens is 2. The molecule has 1 amide bonds. The lowest BCUT2D eigenvalue weighted by molar-refractivity contribution is 0.0938. The first-order valence-corrected chi connectivity index (χ1v) is 8.20. The Morgan fingerprint density at radius 3 is 2.71 bits per heavy atom. The molecule has 0 radical (unpaired) electrons. The van der Waals surface area contributed by atoms with E-state index < -0.39 is 11.6 Å². The Morgan fingerprint density at radius 2 is 2.00 bits per heavy atom. The summed E-state index contributed by atoms with van der Waals surface area (Å²) in [6, 6.07) is 3.31. The number of hydrogen-bond acceptors (Lipinski definition) is 3. The fourth-order valence-electron chi connectivity index (χ4n) is 3.23. The summed E-state index contributed by atoms with van der Waals surface area (Å²) in [6.45, 7) is 0.590. The van der Waals surface area contributed by atoms with Gasteiger partial charge < -0.3 is 10.1 Å². The van der Waals surface area contributed by atoms with Crippen molar-refractivity contribution in [1.29, 1.82) is 0 Å². The van der Waals surface area contributed by atoms with Gasteiger partial charge in [0.1, 0.15) is 22.8 Å². The molecule has 1 fully saturated rings. The van der Waals surface area contributed by atoms with Crippen LogP contribution in [-0.4, -0.2) is 24.5 Å². The first-order valence-electron chi connectivity index (χ1n) is 8.20. The molecule has 0 aliphatic heterocycles. The number of pyridine rings is 1. The monoisotopic (exact) mass is 334 g/mol. The van der Waals surface area contributed by atoms with Gasteiger partial charge in [0.25, 0.3) is 5.91 Å². The van der Waals surface area contributed by atoms with E-state index in [0.29, 0.717) is 12.5 Å². The van der Waals surface area contributed by atoms with Crippen molar-refractivity contribution in [3.63, 3.8) is 0 Å². The second-order valence-corrected chi connectivity index (χ2v) is 6.21. The van der Waals surface area contributed by atoms with Gasteiger partial charge in [0.15, 0.2) is 5.82 Å². The number of benzene rings is 1. The minimum Gasteiger partial charge on any atom is -0.496 e. The Hall–Kier alpha value is -2.24. The third-order valence-corrected chi connectivity index (χ3v) is 4.52. The molecule has 6 heteroatoms. The number of carbonyl (C=O) groups is 1. The number of rotatable bonds is 4. The van der Waals surface area contributed by atoms with E-state index in [1.165, 1.54) is 32.4 Å². The van der Waals surface area contributed by atoms with Gasteiger partial charge in [-0.25, -0.2) is 13.8 Å². The van der Waals surface area contributed by atoms with Crippen molar-refractivity contribution in [3.8, 4) is 5.75 Å². The third-order valence-electron chi connectivity index (χ3n) is 4.52. The highest BCUT2D eigenvalue weighted by molar-refractivity contribution is 5.97. The van der Waals surface area contributed by atoms with Crippen LogP contribution in [-0.2, 0) is 0 Å². The van der Waals surface area contributed by atoms with Crippen LogP contribution in [0.25, 0.3) is 10.9 Å². The quantitative estimate of drug-likeness (QED) is 0.924. The molecule has 1 saturated carbocycles. The van der Waals surface area contributed by atoms with Crippen LogP contribution >= 0.6 is 0 Å². The lowest BCUT2D eigenvalue weighted by atomic mass is 9.89. The molecule has 1 aliphatic rings. The summed E-state index contributed by atoms with van der Waals surface area (Å²) in [4.78, 5) is 16.4. The molecule has 3 rings (SSSR count). The van der Waals surface area contributed by atoms with E-state index in [9.17, 15) is 13.6 Å². The molecule has 0 unspecified atom stereocenters. The molecular formula is C18H20F2N2O2. The van der Waals surface area contributed by atoms with Gasteiger partial charge in [-0.1, -0.05) is 19.3 Å². The maximum Gasteiger partial charge on any atom is 0.270 e. The van der Waals surface area contributed by atoms with Gasteiger partial charge in [0, 0.05) is 24.1 Å². The van der Waals surface area contributed by atoms with Gasteiger partial charge in [-0.05, 0) is 24.8 Å². The second kappa shape index (κ2) is 7.11. The van der Waals surface area contributed by atoms with Crippen molar-refractivity contribution in [2.24, 2.45) is 5.92 Å². The van der Waals surface area contributed by atoms with E-state index in [2.05, 4.69) is 10.3 Å². The van der Waals surface area contributed by atoms with Crippen molar-refractivity contribution < 1.29 is 18.3 Å². The number of amides is 1. The SMILES string of the molecule is COc1cc(C(=O)NCC2CCCCC2)nc2c(F)cc(F)cc12. The van der Waals surface area contributed by atoms with Crippen molar-refractivity contribution in [3.05, 3.63) is 35.5 Å². The average Bonchev–Trinajstić information content (AvgIpc) is 2.59. The van der Waals surface area contributed by atoms with E-state index >= 15 is 0 Å². The lowest BCUT2D eigenvalue weighted by Crippen LogP contribution is -2.30. The summed E-state index contributed by atoms with van der Waals surface area (Å²) in [5.41, 5.74) is -0.000709. The summed E-state index contributed by atoms with van der Waals surface area (Å²) in [5.74, 6) is -1.19. The van der Waals surface area contributed by atoms with E-state index in [1.807, 2.05) is 0 Å². The number of nitrogens with one attached hydrogen (secondary N) is 1. The fourth-order valence-corrected chi connectivity index (χ4v) is 3.23. The van der Waals surface area contributed by atoms with Crippen LogP contribution in [0.3, 0.4) is 0 Å². The van der Waals surface area contributed by atoms with Crippen molar-refractivity contribution in [2.45, 2.75) is 32.1 Å². The maximum atomic E-state index is 14.0. The minimum absolute atomic E-state index is 0.0701. The Kier molecular flexibility index (Phi) is 4.92. The summed E-state index contributed by atoms with van der Waals surface area (Å²) in [5, 5.41) is 3.07. The molecule has 1 heterocycles. The highest BCUT2D eigenvalue weighted by Crippen LogP contribution is 2.28. The summed E-state index contributed by atoms with van der Waals surface area (Å²) in [6.07, 6.45) is 5.87. The number of fused-ring (bicyclic) bond motifs is 1. The highest BCUT2D eigenvalue weighted by Gasteiger charge is 2.18. The molecule has 0 spiro atoms. The largest absolute Gasteiger partial charge is 0.496 e. The number of hydrogen-bond donors (Lipinski definition) is 1. The van der Waals surface area contributed by atoms with E-state index in [0.717, 1.165) is 25.0 Å². The molecule has 0 bridgehead atoms. The number of nitrogens with zero attached hydrogens (tertiary/aromatic N) is 1. The summed E-state index contributed by atoms with van der Waals surface area (Å²) < 4.78 is 32.6. The maximum absolute atomic E-state index is 14.0. The molecule has 4 nitrogen and oxygen atoms in total. The molecule has 1 aromatic carbocycles. The number of ether oxygens (including phenoxy) is 1. The van der Waals surface area contributed by atoms with Gasteiger partial charge in [-0.15, -0.1) is 0 Å². The standard InChI is InChI=1S/C18H20F2N2O2/c1-24-16-9-15(18(23)21-10-11-5-3-2-4-6-11)22-17-13(16)7-12(19)8-14(17)20/h7-9,11H,2-6,10H2,1H3,(H,21,23). The van der Waals surface area contributed by atoms with Crippen LogP contribution in [0.2, 0.25) is 0 Å². The predicted molar refractivity (Wildman–Crippen MR) is 87.1 cm³/mol. The van der Waals surface area contributed by atoms with Gasteiger partial charge in [0.05, 0.1) is 7.11 Å².